The smallest absolute Gasteiger partial charge is 0.325 e. The highest BCUT2D eigenvalue weighted by atomic mass is 16.5. The second kappa shape index (κ2) is 8.89. The summed E-state index contributed by atoms with van der Waals surface area (Å²) in [5, 5.41) is 5.18. The van der Waals surface area contributed by atoms with E-state index in [0.29, 0.717) is 5.69 Å². The first-order chi connectivity index (χ1) is 10.8. The number of anilines is 1. The van der Waals surface area contributed by atoms with Gasteiger partial charge < -0.3 is 21.1 Å². The summed E-state index contributed by atoms with van der Waals surface area (Å²) in [6.07, 6.45) is 0.136. The average Bonchev–Trinajstić information content (AvgIpc) is 2.53. The molecule has 1 atom stereocenters. The van der Waals surface area contributed by atoms with Crippen molar-refractivity contribution in [2.75, 3.05) is 19.0 Å². The molecule has 23 heavy (non-hydrogen) atoms. The molecular formula is C16H23N3O4. The summed E-state index contributed by atoms with van der Waals surface area (Å²) in [5.74, 6) is -0.983. The van der Waals surface area contributed by atoms with Gasteiger partial charge in [-0.2, -0.15) is 0 Å². The van der Waals surface area contributed by atoms with Gasteiger partial charge in [-0.3, -0.25) is 14.4 Å². The van der Waals surface area contributed by atoms with Gasteiger partial charge in [-0.1, -0.05) is 26.0 Å². The summed E-state index contributed by atoms with van der Waals surface area (Å²) in [5.41, 5.74) is 7.15. The first-order valence-electron chi connectivity index (χ1n) is 7.32. The van der Waals surface area contributed by atoms with Crippen LogP contribution in [0.1, 0.15) is 19.4 Å². The first kappa shape index (κ1) is 18.6. The van der Waals surface area contributed by atoms with E-state index in [1.54, 1.807) is 24.3 Å². The number of ether oxygens (including phenoxy) is 1. The lowest BCUT2D eigenvalue weighted by Crippen LogP contribution is -2.39. The highest BCUT2D eigenvalue weighted by Crippen LogP contribution is 2.11. The van der Waals surface area contributed by atoms with E-state index >= 15 is 0 Å². The number of carbonyl (C=O) groups excluding carboxylic acids is 3. The quantitative estimate of drug-likeness (QED) is 0.631. The maximum Gasteiger partial charge on any atom is 0.325 e. The minimum absolute atomic E-state index is 0.0489. The summed E-state index contributed by atoms with van der Waals surface area (Å²) < 4.78 is 4.44. The molecule has 0 heterocycles. The standard InChI is InChI=1S/C16H23N3O4/c1-10(2)15(17)16(22)19-12-6-4-11(5-7-12)8-13(20)18-9-14(21)23-3/h4-7,10,15H,8-9,17H2,1-3H3,(H,18,20)(H,19,22)/t15-/m0/s1. The molecule has 1 aromatic rings. The number of hydrogen-bond donors (Lipinski definition) is 3. The van der Waals surface area contributed by atoms with Gasteiger partial charge in [0.05, 0.1) is 19.6 Å². The lowest BCUT2D eigenvalue weighted by atomic mass is 10.0. The Morgan fingerprint density at radius 1 is 1.17 bits per heavy atom. The summed E-state index contributed by atoms with van der Waals surface area (Å²) >= 11 is 0. The zero-order valence-corrected chi connectivity index (χ0v) is 13.6. The van der Waals surface area contributed by atoms with Crippen LogP contribution in [0.25, 0.3) is 0 Å². The van der Waals surface area contributed by atoms with Crippen molar-refractivity contribution >= 4 is 23.5 Å². The Morgan fingerprint density at radius 3 is 2.30 bits per heavy atom. The Kier molecular flexibility index (Phi) is 7.21. The zero-order valence-electron chi connectivity index (χ0n) is 13.6. The molecule has 0 unspecified atom stereocenters. The highest BCUT2D eigenvalue weighted by molar-refractivity contribution is 5.94. The minimum atomic E-state index is -0.571. The maximum atomic E-state index is 11.9. The molecule has 0 fully saturated rings. The Bertz CT molecular complexity index is 555. The third-order valence-corrected chi connectivity index (χ3v) is 3.26. The fourth-order valence-corrected chi connectivity index (χ4v) is 1.73. The molecule has 0 saturated carbocycles. The van der Waals surface area contributed by atoms with Crippen LogP contribution in [0, 0.1) is 5.92 Å². The van der Waals surface area contributed by atoms with Gasteiger partial charge >= 0.3 is 5.97 Å². The van der Waals surface area contributed by atoms with Crippen LogP contribution in [0.2, 0.25) is 0 Å². The molecule has 4 N–H and O–H groups in total. The average molecular weight is 321 g/mol. The van der Waals surface area contributed by atoms with Crippen molar-refractivity contribution < 1.29 is 19.1 Å². The normalized spacial score (nSPS) is 11.7. The molecule has 7 nitrogen and oxygen atoms in total. The van der Waals surface area contributed by atoms with E-state index < -0.39 is 12.0 Å². The third kappa shape index (κ3) is 6.48. The van der Waals surface area contributed by atoms with Crippen LogP contribution in [0.3, 0.4) is 0 Å². The van der Waals surface area contributed by atoms with E-state index in [9.17, 15) is 14.4 Å². The number of methoxy groups -OCH3 is 1. The van der Waals surface area contributed by atoms with Crippen LogP contribution in [0.5, 0.6) is 0 Å². The fraction of sp³-hybridized carbons (Fsp3) is 0.438. The molecule has 0 spiro atoms. The predicted octanol–water partition coefficient (Wildman–Crippen LogP) is 0.440. The molecule has 1 aromatic carbocycles. The zero-order chi connectivity index (χ0) is 17.4. The Labute approximate surface area is 135 Å². The summed E-state index contributed by atoms with van der Waals surface area (Å²) in [6, 6.07) is 6.29. The molecule has 0 aliphatic heterocycles. The largest absolute Gasteiger partial charge is 0.468 e. The van der Waals surface area contributed by atoms with Crippen LogP contribution in [-0.4, -0.2) is 37.5 Å². The van der Waals surface area contributed by atoms with Crippen molar-refractivity contribution in [3.8, 4) is 0 Å². The predicted molar refractivity (Wildman–Crippen MR) is 86.6 cm³/mol. The van der Waals surface area contributed by atoms with Crippen LogP contribution < -0.4 is 16.4 Å². The van der Waals surface area contributed by atoms with Gasteiger partial charge in [-0.05, 0) is 23.6 Å². The molecule has 0 saturated heterocycles. The van der Waals surface area contributed by atoms with E-state index in [1.165, 1.54) is 7.11 Å². The number of hydrogen-bond acceptors (Lipinski definition) is 5. The van der Waals surface area contributed by atoms with Crippen molar-refractivity contribution in [2.45, 2.75) is 26.3 Å². The molecule has 2 amide bonds. The number of esters is 1. The van der Waals surface area contributed by atoms with Gasteiger partial charge in [0.2, 0.25) is 11.8 Å². The SMILES string of the molecule is COC(=O)CNC(=O)Cc1ccc(NC(=O)[C@@H](N)C(C)C)cc1. The molecule has 1 rings (SSSR count). The molecule has 0 radical (unpaired) electrons. The second-order valence-corrected chi connectivity index (χ2v) is 5.49. The lowest BCUT2D eigenvalue weighted by Gasteiger charge is -2.15. The van der Waals surface area contributed by atoms with Gasteiger partial charge in [0.1, 0.15) is 6.54 Å². The van der Waals surface area contributed by atoms with Crippen LogP contribution in [0.15, 0.2) is 24.3 Å². The van der Waals surface area contributed by atoms with E-state index in [-0.39, 0.29) is 30.7 Å². The molecule has 7 heteroatoms. The van der Waals surface area contributed by atoms with Crippen LogP contribution in [-0.2, 0) is 25.5 Å². The summed E-state index contributed by atoms with van der Waals surface area (Å²) in [4.78, 5) is 34.4. The van der Waals surface area contributed by atoms with Crippen molar-refractivity contribution in [2.24, 2.45) is 11.7 Å². The Hall–Kier alpha value is -2.41. The van der Waals surface area contributed by atoms with E-state index in [0.717, 1.165) is 5.56 Å². The minimum Gasteiger partial charge on any atom is -0.468 e. The van der Waals surface area contributed by atoms with Gasteiger partial charge in [0.25, 0.3) is 0 Å². The van der Waals surface area contributed by atoms with Crippen molar-refractivity contribution in [3.63, 3.8) is 0 Å². The fourth-order valence-electron chi connectivity index (χ4n) is 1.73. The molecular weight excluding hydrogens is 298 g/mol. The molecule has 126 valence electrons. The molecule has 0 aliphatic carbocycles. The van der Waals surface area contributed by atoms with Crippen molar-refractivity contribution in [1.82, 2.24) is 5.32 Å². The number of amides is 2. The number of nitrogens with two attached hydrogens (primary N) is 1. The van der Waals surface area contributed by atoms with E-state index in [4.69, 9.17) is 5.73 Å². The topological polar surface area (TPSA) is 111 Å². The van der Waals surface area contributed by atoms with E-state index in [2.05, 4.69) is 15.4 Å². The molecule has 0 aliphatic rings. The van der Waals surface area contributed by atoms with Gasteiger partial charge in [0, 0.05) is 5.69 Å². The number of nitrogens with one attached hydrogen (secondary N) is 2. The van der Waals surface area contributed by atoms with Crippen molar-refractivity contribution in [1.29, 1.82) is 0 Å². The first-order valence-corrected chi connectivity index (χ1v) is 7.32. The third-order valence-electron chi connectivity index (χ3n) is 3.26. The lowest BCUT2D eigenvalue weighted by molar-refractivity contribution is -0.141. The summed E-state index contributed by atoms with van der Waals surface area (Å²) in [7, 11) is 1.26. The Balaban J connectivity index is 2.51. The van der Waals surface area contributed by atoms with Gasteiger partial charge in [0.15, 0.2) is 0 Å². The Morgan fingerprint density at radius 2 is 1.78 bits per heavy atom. The maximum absolute atomic E-state index is 11.9. The molecule has 0 aromatic heterocycles. The van der Waals surface area contributed by atoms with Crippen molar-refractivity contribution in [3.05, 3.63) is 29.8 Å². The second-order valence-electron chi connectivity index (χ2n) is 5.49. The van der Waals surface area contributed by atoms with Crippen LogP contribution in [0.4, 0.5) is 5.69 Å². The van der Waals surface area contributed by atoms with Crippen LogP contribution >= 0.6 is 0 Å². The molecule has 0 bridgehead atoms. The van der Waals surface area contributed by atoms with Gasteiger partial charge in [-0.15, -0.1) is 0 Å². The summed E-state index contributed by atoms with van der Waals surface area (Å²) in [6.45, 7) is 3.59. The van der Waals surface area contributed by atoms with E-state index in [1.807, 2.05) is 13.8 Å². The monoisotopic (exact) mass is 321 g/mol. The highest BCUT2D eigenvalue weighted by Gasteiger charge is 2.17. The number of rotatable bonds is 7. The number of benzene rings is 1. The van der Waals surface area contributed by atoms with Gasteiger partial charge in [-0.25, -0.2) is 0 Å². The number of carbonyl (C=O) groups is 3.